The van der Waals surface area contributed by atoms with Crippen LogP contribution in [0.3, 0.4) is 0 Å². The summed E-state index contributed by atoms with van der Waals surface area (Å²) in [5, 5.41) is 3.17. The van der Waals surface area contributed by atoms with Crippen LogP contribution in [0.5, 0.6) is 0 Å². The number of nitrogens with zero attached hydrogens (tertiary/aromatic N) is 6. The molecular formula is C16H22N6OS. The van der Waals surface area contributed by atoms with Crippen LogP contribution in [0.1, 0.15) is 5.69 Å². The van der Waals surface area contributed by atoms with Crippen LogP contribution < -0.4 is 9.80 Å². The molecule has 2 saturated heterocycles. The monoisotopic (exact) mass is 346 g/mol. The minimum absolute atomic E-state index is 0.756. The maximum Gasteiger partial charge on any atom is 0.225 e. The maximum atomic E-state index is 5.40. The van der Waals surface area contributed by atoms with Crippen LogP contribution in [0.2, 0.25) is 0 Å². The molecule has 2 aliphatic heterocycles. The van der Waals surface area contributed by atoms with Gasteiger partial charge in [0.25, 0.3) is 0 Å². The molecule has 0 bridgehead atoms. The van der Waals surface area contributed by atoms with Gasteiger partial charge in [0.2, 0.25) is 5.95 Å². The van der Waals surface area contributed by atoms with Crippen molar-refractivity contribution in [2.45, 2.75) is 6.54 Å². The molecule has 0 aliphatic carbocycles. The summed E-state index contributed by atoms with van der Waals surface area (Å²) in [5.41, 5.74) is 1.09. The van der Waals surface area contributed by atoms with E-state index in [4.69, 9.17) is 9.72 Å². The van der Waals surface area contributed by atoms with Gasteiger partial charge in [0.05, 0.1) is 18.9 Å². The van der Waals surface area contributed by atoms with Crippen molar-refractivity contribution in [1.82, 2.24) is 19.9 Å². The smallest absolute Gasteiger partial charge is 0.225 e. The second-order valence-electron chi connectivity index (χ2n) is 6.03. The summed E-state index contributed by atoms with van der Waals surface area (Å²) < 4.78 is 5.40. The molecule has 2 aliphatic rings. The lowest BCUT2D eigenvalue weighted by Crippen LogP contribution is -2.46. The predicted molar refractivity (Wildman–Crippen MR) is 94.7 cm³/mol. The second kappa shape index (κ2) is 7.42. The van der Waals surface area contributed by atoms with E-state index in [1.807, 2.05) is 23.8 Å². The van der Waals surface area contributed by atoms with Gasteiger partial charge in [-0.3, -0.25) is 4.90 Å². The molecule has 0 unspecified atom stereocenters. The summed E-state index contributed by atoms with van der Waals surface area (Å²) in [6.45, 7) is 8.26. The van der Waals surface area contributed by atoms with Crippen LogP contribution in [-0.4, -0.2) is 72.3 Å². The topological polar surface area (TPSA) is 57.6 Å². The molecule has 7 nitrogen and oxygen atoms in total. The standard InChI is InChI=1S/C16H22N6OS/c1-2-17-15(21-8-10-23-11-9-21)19-14(1)13-20-4-6-22(7-5-20)16-18-3-12-24-16/h1-3,12H,4-11,13H2. The van der Waals surface area contributed by atoms with Crippen LogP contribution in [0.15, 0.2) is 23.8 Å². The Balaban J connectivity index is 1.34. The Hall–Kier alpha value is -1.77. The van der Waals surface area contributed by atoms with E-state index in [-0.39, 0.29) is 0 Å². The lowest BCUT2D eigenvalue weighted by atomic mass is 10.3. The Morgan fingerprint density at radius 3 is 2.54 bits per heavy atom. The van der Waals surface area contributed by atoms with Gasteiger partial charge in [-0.25, -0.2) is 15.0 Å². The molecular weight excluding hydrogens is 324 g/mol. The quantitative estimate of drug-likeness (QED) is 0.821. The van der Waals surface area contributed by atoms with Crippen molar-refractivity contribution in [3.8, 4) is 0 Å². The Labute approximate surface area is 145 Å². The number of ether oxygens (including phenoxy) is 1. The highest BCUT2D eigenvalue weighted by atomic mass is 32.1. The van der Waals surface area contributed by atoms with Crippen LogP contribution in [0.4, 0.5) is 11.1 Å². The highest BCUT2D eigenvalue weighted by Gasteiger charge is 2.20. The molecule has 2 aromatic rings. The fraction of sp³-hybridized carbons (Fsp3) is 0.562. The molecule has 128 valence electrons. The average molecular weight is 346 g/mol. The second-order valence-corrected chi connectivity index (χ2v) is 6.90. The van der Waals surface area contributed by atoms with Crippen molar-refractivity contribution in [3.63, 3.8) is 0 Å². The third-order valence-corrected chi connectivity index (χ3v) is 5.27. The van der Waals surface area contributed by atoms with Gasteiger partial charge in [0, 0.05) is 63.6 Å². The van der Waals surface area contributed by atoms with Crippen molar-refractivity contribution in [3.05, 3.63) is 29.5 Å². The van der Waals surface area contributed by atoms with Crippen molar-refractivity contribution < 1.29 is 4.74 Å². The summed E-state index contributed by atoms with van der Waals surface area (Å²) in [7, 11) is 0. The van der Waals surface area contributed by atoms with Gasteiger partial charge in [-0.05, 0) is 6.07 Å². The molecule has 0 N–H and O–H groups in total. The molecule has 2 aromatic heterocycles. The fourth-order valence-electron chi connectivity index (χ4n) is 3.09. The van der Waals surface area contributed by atoms with Crippen molar-refractivity contribution >= 4 is 22.4 Å². The Bertz CT molecular complexity index is 638. The number of thiazole rings is 1. The van der Waals surface area contributed by atoms with E-state index >= 15 is 0 Å². The van der Waals surface area contributed by atoms with E-state index in [2.05, 4.69) is 24.7 Å². The van der Waals surface area contributed by atoms with E-state index in [0.29, 0.717) is 0 Å². The largest absolute Gasteiger partial charge is 0.378 e. The van der Waals surface area contributed by atoms with Gasteiger partial charge in [0.15, 0.2) is 5.13 Å². The molecule has 4 rings (SSSR count). The Morgan fingerprint density at radius 1 is 0.958 bits per heavy atom. The van der Waals surface area contributed by atoms with Crippen molar-refractivity contribution in [1.29, 1.82) is 0 Å². The Kier molecular flexibility index (Phi) is 4.86. The molecule has 2 fully saturated rings. The molecule has 0 radical (unpaired) electrons. The minimum Gasteiger partial charge on any atom is -0.378 e. The van der Waals surface area contributed by atoms with Gasteiger partial charge >= 0.3 is 0 Å². The normalized spacial score (nSPS) is 19.7. The summed E-state index contributed by atoms with van der Waals surface area (Å²) in [6.07, 6.45) is 3.75. The first kappa shape index (κ1) is 15.7. The fourth-order valence-corrected chi connectivity index (χ4v) is 3.78. The number of aromatic nitrogens is 3. The number of hydrogen-bond acceptors (Lipinski definition) is 8. The molecule has 4 heterocycles. The third kappa shape index (κ3) is 3.66. The molecule has 24 heavy (non-hydrogen) atoms. The van der Waals surface area contributed by atoms with Crippen molar-refractivity contribution in [2.24, 2.45) is 0 Å². The number of anilines is 2. The van der Waals surface area contributed by atoms with Crippen LogP contribution >= 0.6 is 11.3 Å². The number of hydrogen-bond donors (Lipinski definition) is 0. The Morgan fingerprint density at radius 2 is 1.79 bits per heavy atom. The molecule has 0 atom stereocenters. The number of piperazine rings is 1. The number of morpholine rings is 1. The van der Waals surface area contributed by atoms with E-state index in [1.165, 1.54) is 0 Å². The summed E-state index contributed by atoms with van der Waals surface area (Å²) >= 11 is 1.71. The van der Waals surface area contributed by atoms with E-state index in [9.17, 15) is 0 Å². The van der Waals surface area contributed by atoms with Gasteiger partial charge < -0.3 is 14.5 Å². The predicted octanol–water partition coefficient (Wildman–Crippen LogP) is 1.09. The van der Waals surface area contributed by atoms with Crippen LogP contribution in [0.25, 0.3) is 0 Å². The summed E-state index contributed by atoms with van der Waals surface area (Å²) in [6, 6.07) is 2.02. The first-order valence-corrected chi connectivity index (χ1v) is 9.28. The molecule has 0 saturated carbocycles. The first-order chi connectivity index (χ1) is 11.9. The average Bonchev–Trinajstić information content (AvgIpc) is 3.18. The zero-order chi connectivity index (χ0) is 16.2. The van der Waals surface area contributed by atoms with E-state index in [1.54, 1.807) is 11.3 Å². The molecule has 0 amide bonds. The third-order valence-electron chi connectivity index (χ3n) is 4.44. The highest BCUT2D eigenvalue weighted by Crippen LogP contribution is 2.19. The summed E-state index contributed by atoms with van der Waals surface area (Å²) in [5.74, 6) is 0.831. The van der Waals surface area contributed by atoms with Gasteiger partial charge in [-0.15, -0.1) is 11.3 Å². The van der Waals surface area contributed by atoms with Gasteiger partial charge in [0.1, 0.15) is 0 Å². The maximum absolute atomic E-state index is 5.40. The van der Waals surface area contributed by atoms with Crippen molar-refractivity contribution in [2.75, 3.05) is 62.3 Å². The molecule has 8 heteroatoms. The zero-order valence-electron chi connectivity index (χ0n) is 13.7. The van der Waals surface area contributed by atoms with E-state index < -0.39 is 0 Å². The van der Waals surface area contributed by atoms with Crippen LogP contribution in [0, 0.1) is 0 Å². The van der Waals surface area contributed by atoms with Crippen LogP contribution in [-0.2, 0) is 11.3 Å². The lowest BCUT2D eigenvalue weighted by molar-refractivity contribution is 0.122. The summed E-state index contributed by atoms with van der Waals surface area (Å²) in [4.78, 5) is 20.6. The minimum atomic E-state index is 0.756. The van der Waals surface area contributed by atoms with Gasteiger partial charge in [-0.1, -0.05) is 0 Å². The first-order valence-electron chi connectivity index (χ1n) is 8.40. The number of rotatable bonds is 4. The lowest BCUT2D eigenvalue weighted by Gasteiger charge is -2.34. The zero-order valence-corrected chi connectivity index (χ0v) is 14.5. The highest BCUT2D eigenvalue weighted by molar-refractivity contribution is 7.13. The molecule has 0 aromatic carbocycles. The molecule has 0 spiro atoms. The van der Waals surface area contributed by atoms with E-state index in [0.717, 1.165) is 75.8 Å². The SMILES string of the molecule is c1cc(CN2CCN(c3nccs3)CC2)nc(N2CCOCC2)n1. The van der Waals surface area contributed by atoms with Gasteiger partial charge in [-0.2, -0.15) is 0 Å².